The second-order valence-electron chi connectivity index (χ2n) is 3.75. The van der Waals surface area contributed by atoms with Gasteiger partial charge < -0.3 is 0 Å². The Morgan fingerprint density at radius 2 is 1.57 bits per heavy atom. The Balaban J connectivity index is 0. The van der Waals surface area contributed by atoms with Crippen LogP contribution in [0, 0.1) is 0 Å². The first kappa shape index (κ1) is 23.7. The Kier molecular flexibility index (Phi) is 14.4. The molecule has 0 amide bonds. The van der Waals surface area contributed by atoms with Gasteiger partial charge in [0.2, 0.25) is 0 Å². The van der Waals surface area contributed by atoms with Gasteiger partial charge in [0.05, 0.1) is 11.2 Å². The van der Waals surface area contributed by atoms with Gasteiger partial charge >= 0.3 is 0 Å². The molecule has 0 N–H and O–H groups in total. The van der Waals surface area contributed by atoms with Crippen molar-refractivity contribution in [1.82, 2.24) is 4.98 Å². The Labute approximate surface area is 153 Å². The molecule has 0 bridgehead atoms. The average molecular weight is 347 g/mol. The van der Waals surface area contributed by atoms with E-state index in [0.29, 0.717) is 0 Å². The van der Waals surface area contributed by atoms with E-state index in [1.165, 1.54) is 0 Å². The van der Waals surface area contributed by atoms with Crippen molar-refractivity contribution in [2.24, 2.45) is 4.99 Å². The minimum atomic E-state index is 0. The van der Waals surface area contributed by atoms with Crippen LogP contribution in [0.4, 0.5) is 5.69 Å². The van der Waals surface area contributed by atoms with Crippen LogP contribution in [0.3, 0.4) is 0 Å². The topological polar surface area (TPSA) is 25.2 Å². The number of benzene rings is 1. The second-order valence-corrected chi connectivity index (χ2v) is 3.75. The monoisotopic (exact) mass is 347 g/mol. The maximum absolute atomic E-state index is 4.44. The van der Waals surface area contributed by atoms with E-state index in [2.05, 4.69) is 33.9 Å². The average Bonchev–Trinajstić information content (AvgIpc) is 2.82. The number of fused-ring (bicyclic) bond motifs is 3. The smallest absolute Gasteiger partial charge is 0.0973 e. The normalized spacial score (nSPS) is 10.1. The van der Waals surface area contributed by atoms with E-state index in [9.17, 15) is 0 Å². The Hall–Kier alpha value is -1.60. The quantitative estimate of drug-likeness (QED) is 0.494. The van der Waals surface area contributed by atoms with Crippen molar-refractivity contribution in [3.05, 3.63) is 47.8 Å². The number of allylic oxidation sites excluding steroid dienone is 1. The van der Waals surface area contributed by atoms with Crippen LogP contribution in [0.2, 0.25) is 0 Å². The molecule has 0 atom stereocenters. The molecule has 2 aromatic rings. The van der Waals surface area contributed by atoms with Crippen molar-refractivity contribution in [3.63, 3.8) is 0 Å². The second kappa shape index (κ2) is 14.0. The van der Waals surface area contributed by atoms with Crippen molar-refractivity contribution in [1.29, 1.82) is 0 Å². The van der Waals surface area contributed by atoms with Gasteiger partial charge in [-0.1, -0.05) is 59.7 Å². The van der Waals surface area contributed by atoms with Crippen LogP contribution in [-0.4, -0.2) is 11.2 Å². The summed E-state index contributed by atoms with van der Waals surface area (Å²) in [4.78, 5) is 8.84. The van der Waals surface area contributed by atoms with Crippen molar-refractivity contribution < 1.29 is 18.6 Å². The summed E-state index contributed by atoms with van der Waals surface area (Å²) in [7, 11) is 0. The summed E-state index contributed by atoms with van der Waals surface area (Å²) >= 11 is 0. The molecule has 3 heteroatoms. The van der Waals surface area contributed by atoms with Crippen molar-refractivity contribution in [2.75, 3.05) is 0 Å². The van der Waals surface area contributed by atoms with Crippen LogP contribution >= 0.6 is 0 Å². The molecule has 1 aromatic heterocycles. The molecule has 1 aliphatic heterocycles. The predicted octanol–water partition coefficient (Wildman–Crippen LogP) is 6.59. The third-order valence-corrected chi connectivity index (χ3v) is 2.73. The van der Waals surface area contributed by atoms with Crippen molar-refractivity contribution in [2.45, 2.75) is 48.5 Å². The van der Waals surface area contributed by atoms with Gasteiger partial charge in [0, 0.05) is 47.5 Å². The van der Waals surface area contributed by atoms with Gasteiger partial charge in [-0.2, -0.15) is 0 Å². The molecule has 0 saturated heterocycles. The van der Waals surface area contributed by atoms with Crippen LogP contribution in [0.25, 0.3) is 16.5 Å². The fourth-order valence-corrected chi connectivity index (χ4v) is 1.91. The van der Waals surface area contributed by atoms with Gasteiger partial charge in [0.15, 0.2) is 0 Å². The van der Waals surface area contributed by atoms with Crippen LogP contribution in [0.1, 0.15) is 54.0 Å². The van der Waals surface area contributed by atoms with Gasteiger partial charge in [-0.15, -0.1) is 5.73 Å². The van der Waals surface area contributed by atoms with Gasteiger partial charge in [-0.05, 0) is 19.1 Å². The summed E-state index contributed by atoms with van der Waals surface area (Å²) in [6, 6.07) is 8.15. The Bertz CT molecular complexity index is 666. The number of pyridine rings is 1. The van der Waals surface area contributed by atoms with Crippen molar-refractivity contribution in [3.8, 4) is 0 Å². The first-order valence-electron chi connectivity index (χ1n) is 8.20. The molecule has 1 radical (unpaired) electrons. The summed E-state index contributed by atoms with van der Waals surface area (Å²) < 4.78 is 0. The van der Waals surface area contributed by atoms with Crippen molar-refractivity contribution >= 4 is 28.4 Å². The van der Waals surface area contributed by atoms with Crippen LogP contribution in [0.15, 0.2) is 47.3 Å². The molecule has 123 valence electrons. The number of hydrogen-bond donors (Lipinski definition) is 0. The first-order valence-corrected chi connectivity index (χ1v) is 8.20. The van der Waals surface area contributed by atoms with Crippen LogP contribution in [-0.2, 0) is 18.6 Å². The minimum absolute atomic E-state index is 0. The number of aromatic nitrogens is 1. The maximum Gasteiger partial charge on any atom is 0.0973 e. The molecule has 0 unspecified atom stereocenters. The molecule has 2 heterocycles. The van der Waals surface area contributed by atoms with E-state index < -0.39 is 0 Å². The number of hydrogen-bond acceptors (Lipinski definition) is 2. The molecule has 3 rings (SSSR count). The Morgan fingerprint density at radius 3 is 2.22 bits per heavy atom. The van der Waals surface area contributed by atoms with Gasteiger partial charge in [-0.25, -0.2) is 0 Å². The third-order valence-electron chi connectivity index (χ3n) is 2.73. The van der Waals surface area contributed by atoms with Gasteiger partial charge in [0.1, 0.15) is 0 Å². The number of nitrogens with zero attached hydrogens (tertiary/aromatic N) is 2. The molecule has 0 aliphatic carbocycles. The Morgan fingerprint density at radius 1 is 0.913 bits per heavy atom. The van der Waals surface area contributed by atoms with Gasteiger partial charge in [0.25, 0.3) is 0 Å². The summed E-state index contributed by atoms with van der Waals surface area (Å²) in [5, 5.41) is 1.12. The zero-order valence-electron chi connectivity index (χ0n) is 15.4. The molecule has 2 nitrogen and oxygen atoms in total. The van der Waals surface area contributed by atoms with Crippen LogP contribution < -0.4 is 0 Å². The molecule has 1 aromatic carbocycles. The largest absolute Gasteiger partial charge is 0.254 e. The minimum Gasteiger partial charge on any atom is -0.254 e. The molecule has 1 aliphatic rings. The standard InChI is InChI=1S/C14H10N2.3C2H6.V/c1-10-4-2-8-16-14-12(10)7-6-11-5-3-9-15-13(11)14;3*1-2;/h2-3,5-9H,1H3;3*1-2H3;. The first-order chi connectivity index (χ1) is 10.9. The van der Waals surface area contributed by atoms with E-state index in [4.69, 9.17) is 0 Å². The van der Waals surface area contributed by atoms with Crippen LogP contribution in [0.5, 0.6) is 0 Å². The van der Waals surface area contributed by atoms with E-state index in [1.807, 2.05) is 60.6 Å². The zero-order chi connectivity index (χ0) is 17.0. The SMILES string of the molecule is CC.CC.CC.CC1=C=CC=Nc2c1ccc1cccnc21.[V]. The fourth-order valence-electron chi connectivity index (χ4n) is 1.91. The van der Waals surface area contributed by atoms with Gasteiger partial charge in [-0.3, -0.25) is 9.98 Å². The predicted molar refractivity (Wildman–Crippen MR) is 101 cm³/mol. The fraction of sp³-hybridized carbons (Fsp3) is 0.350. The van der Waals surface area contributed by atoms with E-state index in [0.717, 1.165) is 27.7 Å². The maximum atomic E-state index is 4.44. The van der Waals surface area contributed by atoms with E-state index in [-0.39, 0.29) is 18.6 Å². The number of rotatable bonds is 0. The van der Waals surface area contributed by atoms with E-state index >= 15 is 0 Å². The molecule has 0 fully saturated rings. The summed E-state index contributed by atoms with van der Waals surface area (Å²) in [6.07, 6.45) is 5.41. The summed E-state index contributed by atoms with van der Waals surface area (Å²) in [5.74, 6) is 0. The molecular formula is C20H28N2V. The molecule has 23 heavy (non-hydrogen) atoms. The third kappa shape index (κ3) is 6.19. The zero-order valence-corrected chi connectivity index (χ0v) is 16.8. The number of aliphatic imine (C=N–C) groups is 1. The molecule has 0 spiro atoms. The summed E-state index contributed by atoms with van der Waals surface area (Å²) in [6.45, 7) is 14.0. The molecular weight excluding hydrogens is 319 g/mol. The van der Waals surface area contributed by atoms with E-state index in [1.54, 1.807) is 12.4 Å². The molecule has 0 saturated carbocycles. The summed E-state index contributed by atoms with van der Waals surface area (Å²) in [5.41, 5.74) is 7.28.